The monoisotopic (exact) mass is 332 g/mol. The van der Waals surface area contributed by atoms with Crippen LogP contribution in [-0.4, -0.2) is 55.3 Å². The zero-order valence-electron chi connectivity index (χ0n) is 12.5. The van der Waals surface area contributed by atoms with Crippen LogP contribution >= 0.6 is 23.2 Å². The second-order valence-electron chi connectivity index (χ2n) is 4.95. The van der Waals surface area contributed by atoms with Gasteiger partial charge in [-0.15, -0.1) is 0 Å². The molecule has 0 bridgehead atoms. The van der Waals surface area contributed by atoms with Crippen molar-refractivity contribution < 1.29 is 4.74 Å². The van der Waals surface area contributed by atoms with Gasteiger partial charge in [0.2, 0.25) is 0 Å². The third-order valence-electron chi connectivity index (χ3n) is 3.44. The largest absolute Gasteiger partial charge is 0.374 e. The van der Waals surface area contributed by atoms with Crippen molar-refractivity contribution in [1.82, 2.24) is 9.88 Å². The van der Waals surface area contributed by atoms with Crippen LogP contribution in [0.2, 0.25) is 10.0 Å². The van der Waals surface area contributed by atoms with E-state index in [-0.39, 0.29) is 6.10 Å². The Hall–Kier alpha value is -0.750. The first-order valence-corrected chi connectivity index (χ1v) is 8.07. The summed E-state index contributed by atoms with van der Waals surface area (Å²) >= 11 is 12.3. The standard InChI is InChI=1S/C14H22Cl2N4O/c1-3-17-13-11(15)7-12(16)14(19-13)18-8-10-9-20(4-2)5-6-21-10/h7,10H,3-6,8-9H2,1-2H3,(H2,17,18,19). The molecule has 1 unspecified atom stereocenters. The highest BCUT2D eigenvalue weighted by Gasteiger charge is 2.19. The van der Waals surface area contributed by atoms with Crippen molar-refractivity contribution >= 4 is 34.8 Å². The predicted molar refractivity (Wildman–Crippen MR) is 88.8 cm³/mol. The fourth-order valence-electron chi connectivity index (χ4n) is 2.28. The molecule has 118 valence electrons. The van der Waals surface area contributed by atoms with Crippen LogP contribution in [0, 0.1) is 0 Å². The van der Waals surface area contributed by atoms with Crippen LogP contribution in [-0.2, 0) is 4.74 Å². The highest BCUT2D eigenvalue weighted by atomic mass is 35.5. The van der Waals surface area contributed by atoms with Crippen LogP contribution < -0.4 is 10.6 Å². The van der Waals surface area contributed by atoms with Gasteiger partial charge in [-0.1, -0.05) is 30.1 Å². The molecule has 1 atom stereocenters. The minimum Gasteiger partial charge on any atom is -0.374 e. The summed E-state index contributed by atoms with van der Waals surface area (Å²) in [4.78, 5) is 6.80. The quantitative estimate of drug-likeness (QED) is 0.838. The summed E-state index contributed by atoms with van der Waals surface area (Å²) in [6, 6.07) is 1.70. The summed E-state index contributed by atoms with van der Waals surface area (Å²) in [5, 5.41) is 7.42. The topological polar surface area (TPSA) is 49.4 Å². The Kier molecular flexibility index (Phi) is 6.36. The predicted octanol–water partition coefficient (Wildman–Crippen LogP) is 2.95. The van der Waals surface area contributed by atoms with Gasteiger partial charge in [-0.2, -0.15) is 0 Å². The van der Waals surface area contributed by atoms with Crippen molar-refractivity contribution in [3.63, 3.8) is 0 Å². The fraction of sp³-hybridized carbons (Fsp3) is 0.643. The maximum atomic E-state index is 6.19. The van der Waals surface area contributed by atoms with Crippen molar-refractivity contribution in [2.24, 2.45) is 0 Å². The SMILES string of the molecule is CCNc1nc(NCC2CN(CC)CCO2)c(Cl)cc1Cl. The first kappa shape index (κ1) is 16.6. The van der Waals surface area contributed by atoms with Gasteiger partial charge in [-0.3, -0.25) is 4.90 Å². The van der Waals surface area contributed by atoms with Crippen LogP contribution in [0.5, 0.6) is 0 Å². The van der Waals surface area contributed by atoms with Crippen molar-refractivity contribution in [3.05, 3.63) is 16.1 Å². The van der Waals surface area contributed by atoms with Crippen molar-refractivity contribution in [3.8, 4) is 0 Å². The summed E-state index contributed by atoms with van der Waals surface area (Å²) in [6.07, 6.45) is 0.148. The van der Waals surface area contributed by atoms with Crippen LogP contribution in [0.3, 0.4) is 0 Å². The van der Waals surface area contributed by atoms with E-state index in [1.807, 2.05) is 6.92 Å². The number of nitrogens with one attached hydrogen (secondary N) is 2. The van der Waals surface area contributed by atoms with E-state index in [4.69, 9.17) is 27.9 Å². The average Bonchev–Trinajstić information content (AvgIpc) is 2.49. The molecule has 0 radical (unpaired) electrons. The van der Waals surface area contributed by atoms with Crippen LogP contribution in [0.15, 0.2) is 6.07 Å². The number of pyridine rings is 1. The van der Waals surface area contributed by atoms with Crippen molar-refractivity contribution in [1.29, 1.82) is 0 Å². The lowest BCUT2D eigenvalue weighted by Crippen LogP contribution is -2.45. The molecule has 0 saturated carbocycles. The Morgan fingerprint density at radius 2 is 2.00 bits per heavy atom. The average molecular weight is 333 g/mol. The first-order valence-electron chi connectivity index (χ1n) is 7.31. The Morgan fingerprint density at radius 3 is 2.67 bits per heavy atom. The van der Waals surface area contributed by atoms with Crippen LogP contribution in [0.1, 0.15) is 13.8 Å². The van der Waals surface area contributed by atoms with Gasteiger partial charge >= 0.3 is 0 Å². The summed E-state index contributed by atoms with van der Waals surface area (Å²) in [7, 11) is 0. The molecule has 1 fully saturated rings. The van der Waals surface area contributed by atoms with Gasteiger partial charge in [0, 0.05) is 26.2 Å². The molecule has 5 nitrogen and oxygen atoms in total. The number of aromatic nitrogens is 1. The molecule has 0 spiro atoms. The Labute approximate surface area is 136 Å². The van der Waals surface area contributed by atoms with E-state index >= 15 is 0 Å². The van der Waals surface area contributed by atoms with Crippen molar-refractivity contribution in [2.45, 2.75) is 20.0 Å². The van der Waals surface area contributed by atoms with Gasteiger partial charge in [0.25, 0.3) is 0 Å². The van der Waals surface area contributed by atoms with Crippen molar-refractivity contribution in [2.75, 3.05) is 50.0 Å². The van der Waals surface area contributed by atoms with E-state index in [0.29, 0.717) is 28.2 Å². The second kappa shape index (κ2) is 8.03. The number of rotatable bonds is 6. The number of likely N-dealkylation sites (N-methyl/N-ethyl adjacent to an activating group) is 1. The maximum absolute atomic E-state index is 6.19. The van der Waals surface area contributed by atoms with E-state index in [1.165, 1.54) is 0 Å². The smallest absolute Gasteiger partial charge is 0.147 e. The molecule has 1 saturated heterocycles. The fourth-order valence-corrected chi connectivity index (χ4v) is 2.78. The van der Waals surface area contributed by atoms with Gasteiger partial charge < -0.3 is 15.4 Å². The summed E-state index contributed by atoms with van der Waals surface area (Å²) in [5.41, 5.74) is 0. The summed E-state index contributed by atoms with van der Waals surface area (Å²) < 4.78 is 5.76. The molecule has 1 aromatic rings. The first-order chi connectivity index (χ1) is 10.1. The molecule has 21 heavy (non-hydrogen) atoms. The number of hydrogen-bond acceptors (Lipinski definition) is 5. The highest BCUT2D eigenvalue weighted by Crippen LogP contribution is 2.29. The van der Waals surface area contributed by atoms with E-state index in [1.54, 1.807) is 6.07 Å². The number of halogens is 2. The van der Waals surface area contributed by atoms with Gasteiger partial charge in [0.05, 0.1) is 22.8 Å². The zero-order chi connectivity index (χ0) is 15.2. The van der Waals surface area contributed by atoms with E-state index < -0.39 is 0 Å². The molecule has 0 aromatic carbocycles. The molecule has 7 heteroatoms. The number of anilines is 2. The molecule has 0 aliphatic carbocycles. The number of ether oxygens (including phenoxy) is 1. The van der Waals surface area contributed by atoms with E-state index in [2.05, 4.69) is 27.4 Å². The van der Waals surface area contributed by atoms with Gasteiger partial charge in [-0.25, -0.2) is 4.98 Å². The number of hydrogen-bond donors (Lipinski definition) is 2. The molecular formula is C14H22Cl2N4O. The van der Waals surface area contributed by atoms with Gasteiger partial charge in [0.1, 0.15) is 11.6 Å². The summed E-state index contributed by atoms with van der Waals surface area (Å²) in [5.74, 6) is 1.28. The maximum Gasteiger partial charge on any atom is 0.147 e. The zero-order valence-corrected chi connectivity index (χ0v) is 14.0. The normalized spacial score (nSPS) is 19.5. The molecule has 1 aliphatic rings. The lowest BCUT2D eigenvalue weighted by molar-refractivity contribution is -0.0192. The second-order valence-corrected chi connectivity index (χ2v) is 5.76. The van der Waals surface area contributed by atoms with E-state index in [0.717, 1.165) is 32.8 Å². The molecule has 1 aliphatic heterocycles. The third-order valence-corrected chi connectivity index (χ3v) is 4.02. The minimum absolute atomic E-state index is 0.148. The lowest BCUT2D eigenvalue weighted by atomic mass is 10.2. The Bertz CT molecular complexity index is 473. The molecule has 1 aromatic heterocycles. The molecular weight excluding hydrogens is 311 g/mol. The third kappa shape index (κ3) is 4.61. The molecule has 2 N–H and O–H groups in total. The Balaban J connectivity index is 1.97. The minimum atomic E-state index is 0.148. The molecule has 2 heterocycles. The van der Waals surface area contributed by atoms with Gasteiger partial charge in [-0.05, 0) is 19.5 Å². The van der Waals surface area contributed by atoms with Crippen LogP contribution in [0.4, 0.5) is 11.6 Å². The molecule has 2 rings (SSSR count). The Morgan fingerprint density at radius 1 is 1.29 bits per heavy atom. The van der Waals surface area contributed by atoms with Gasteiger partial charge in [0.15, 0.2) is 0 Å². The summed E-state index contributed by atoms with van der Waals surface area (Å²) in [6.45, 7) is 9.33. The number of nitrogens with zero attached hydrogens (tertiary/aromatic N) is 2. The van der Waals surface area contributed by atoms with E-state index in [9.17, 15) is 0 Å². The number of morpholine rings is 1. The lowest BCUT2D eigenvalue weighted by Gasteiger charge is -2.32. The molecule has 0 amide bonds. The van der Waals surface area contributed by atoms with Crippen LogP contribution in [0.25, 0.3) is 0 Å². The highest BCUT2D eigenvalue weighted by molar-refractivity contribution is 6.37.